The van der Waals surface area contributed by atoms with E-state index in [4.69, 9.17) is 10.8 Å². The predicted octanol–water partition coefficient (Wildman–Crippen LogP) is 2.35. The summed E-state index contributed by atoms with van der Waals surface area (Å²) >= 11 is 0. The maximum atomic E-state index is 12.6. The van der Waals surface area contributed by atoms with Crippen molar-refractivity contribution >= 4 is 5.97 Å². The summed E-state index contributed by atoms with van der Waals surface area (Å²) in [6, 6.07) is 2.48. The molecule has 0 bridgehead atoms. The Balaban J connectivity index is 2.43. The van der Waals surface area contributed by atoms with Crippen molar-refractivity contribution < 1.29 is 23.1 Å². The summed E-state index contributed by atoms with van der Waals surface area (Å²) in [6.07, 6.45) is -3.64. The van der Waals surface area contributed by atoms with Gasteiger partial charge in [-0.1, -0.05) is 6.07 Å². The number of halogens is 3. The van der Waals surface area contributed by atoms with Crippen molar-refractivity contribution in [2.45, 2.75) is 25.1 Å². The molecule has 0 spiro atoms. The van der Waals surface area contributed by atoms with Crippen LogP contribution in [0.3, 0.4) is 0 Å². The minimum absolute atomic E-state index is 0.295. The lowest BCUT2D eigenvalue weighted by atomic mass is 9.79. The van der Waals surface area contributed by atoms with Gasteiger partial charge in [0.1, 0.15) is 0 Å². The molecule has 0 saturated carbocycles. The summed E-state index contributed by atoms with van der Waals surface area (Å²) in [6.45, 7) is 0. The molecule has 1 aliphatic rings. The summed E-state index contributed by atoms with van der Waals surface area (Å²) in [4.78, 5) is 11.0. The van der Waals surface area contributed by atoms with Gasteiger partial charge in [-0.2, -0.15) is 13.2 Å². The molecule has 0 amide bonds. The number of carbonyl (C=O) groups is 1. The normalized spacial score (nSPS) is 23.6. The van der Waals surface area contributed by atoms with Gasteiger partial charge in [-0.15, -0.1) is 0 Å². The summed E-state index contributed by atoms with van der Waals surface area (Å²) < 4.78 is 37.8. The molecule has 1 aromatic carbocycles. The fourth-order valence-electron chi connectivity index (χ4n) is 2.29. The van der Waals surface area contributed by atoms with E-state index in [0.717, 1.165) is 12.1 Å². The van der Waals surface area contributed by atoms with Crippen molar-refractivity contribution in [2.75, 3.05) is 0 Å². The molecule has 3 N–H and O–H groups in total. The number of fused-ring (bicyclic) bond motifs is 1. The van der Waals surface area contributed by atoms with E-state index in [1.165, 1.54) is 6.07 Å². The monoisotopic (exact) mass is 259 g/mol. The Hall–Kier alpha value is -1.56. The highest BCUT2D eigenvalue weighted by molar-refractivity contribution is 5.72. The average molecular weight is 259 g/mol. The van der Waals surface area contributed by atoms with Gasteiger partial charge in [0.15, 0.2) is 0 Å². The molecule has 0 saturated heterocycles. The van der Waals surface area contributed by atoms with Crippen LogP contribution in [0, 0.1) is 5.92 Å². The third kappa shape index (κ3) is 2.20. The zero-order valence-electron chi connectivity index (χ0n) is 9.37. The van der Waals surface area contributed by atoms with Gasteiger partial charge in [0.2, 0.25) is 0 Å². The third-order valence-electron chi connectivity index (χ3n) is 3.31. The Labute approximate surface area is 101 Å². The molecular formula is C12H12F3NO2. The molecule has 98 valence electrons. The Morgan fingerprint density at radius 3 is 2.61 bits per heavy atom. The van der Waals surface area contributed by atoms with Crippen LogP contribution in [0.2, 0.25) is 0 Å². The number of aliphatic carboxylic acids is 1. The second kappa shape index (κ2) is 4.28. The molecule has 0 fully saturated rings. The first-order valence-electron chi connectivity index (χ1n) is 5.49. The molecule has 2 atom stereocenters. The fraction of sp³-hybridized carbons (Fsp3) is 0.417. The maximum Gasteiger partial charge on any atom is 0.416 e. The third-order valence-corrected chi connectivity index (χ3v) is 3.31. The van der Waals surface area contributed by atoms with Crippen LogP contribution in [0.5, 0.6) is 0 Å². The van der Waals surface area contributed by atoms with Crippen molar-refractivity contribution in [3.8, 4) is 0 Å². The zero-order valence-corrected chi connectivity index (χ0v) is 9.37. The smallest absolute Gasteiger partial charge is 0.416 e. The highest BCUT2D eigenvalue weighted by Gasteiger charge is 2.35. The van der Waals surface area contributed by atoms with Gasteiger partial charge >= 0.3 is 12.1 Å². The lowest BCUT2D eigenvalue weighted by Crippen LogP contribution is -2.33. The number of hydrogen-bond acceptors (Lipinski definition) is 2. The quantitative estimate of drug-likeness (QED) is 0.813. The molecule has 1 aromatic rings. The fourth-order valence-corrected chi connectivity index (χ4v) is 2.29. The van der Waals surface area contributed by atoms with E-state index >= 15 is 0 Å². The topological polar surface area (TPSA) is 63.3 Å². The molecular weight excluding hydrogens is 247 g/mol. The lowest BCUT2D eigenvalue weighted by molar-refractivity contribution is -0.143. The first-order valence-corrected chi connectivity index (χ1v) is 5.49. The highest BCUT2D eigenvalue weighted by Crippen LogP contribution is 2.37. The molecule has 3 nitrogen and oxygen atoms in total. The standard InChI is InChI=1S/C12H12F3NO2/c13-12(14,15)7-3-1-6-2-4-8(11(17)18)10(16)9(6)5-7/h1,3,5,8,10H,2,4,16H2,(H,17,18). The maximum absolute atomic E-state index is 12.6. The first-order chi connectivity index (χ1) is 8.30. The van der Waals surface area contributed by atoms with Gasteiger partial charge in [0.25, 0.3) is 0 Å². The summed E-state index contributed by atoms with van der Waals surface area (Å²) in [5.74, 6) is -1.88. The summed E-state index contributed by atoms with van der Waals surface area (Å²) in [7, 11) is 0. The number of carboxylic acids is 1. The van der Waals surface area contributed by atoms with Gasteiger partial charge < -0.3 is 10.8 Å². The Kier molecular flexibility index (Phi) is 3.06. The van der Waals surface area contributed by atoms with Crippen LogP contribution in [0.4, 0.5) is 13.2 Å². The van der Waals surface area contributed by atoms with Gasteiger partial charge in [0, 0.05) is 6.04 Å². The minimum Gasteiger partial charge on any atom is -0.481 e. The number of carboxylic acid groups (broad SMARTS) is 1. The van der Waals surface area contributed by atoms with Crippen LogP contribution in [0.25, 0.3) is 0 Å². The summed E-state index contributed by atoms with van der Waals surface area (Å²) in [5, 5.41) is 8.96. The number of alkyl halides is 3. The number of aryl methyl sites for hydroxylation is 1. The molecule has 1 aliphatic carbocycles. The van der Waals surface area contributed by atoms with Gasteiger partial charge in [0.05, 0.1) is 11.5 Å². The van der Waals surface area contributed by atoms with Crippen LogP contribution in [0.15, 0.2) is 18.2 Å². The molecule has 2 rings (SSSR count). The van der Waals surface area contributed by atoms with Crippen molar-refractivity contribution in [3.05, 3.63) is 34.9 Å². The Morgan fingerprint density at radius 1 is 1.39 bits per heavy atom. The van der Waals surface area contributed by atoms with Crippen LogP contribution in [0.1, 0.15) is 29.2 Å². The van der Waals surface area contributed by atoms with Gasteiger partial charge in [-0.05, 0) is 36.1 Å². The highest BCUT2D eigenvalue weighted by atomic mass is 19.4. The van der Waals surface area contributed by atoms with Crippen molar-refractivity contribution in [1.29, 1.82) is 0 Å². The van der Waals surface area contributed by atoms with Crippen LogP contribution >= 0.6 is 0 Å². The van der Waals surface area contributed by atoms with Crippen molar-refractivity contribution in [1.82, 2.24) is 0 Å². The minimum atomic E-state index is -4.44. The van der Waals surface area contributed by atoms with E-state index in [9.17, 15) is 18.0 Å². The molecule has 6 heteroatoms. The summed E-state index contributed by atoms with van der Waals surface area (Å²) in [5.41, 5.74) is 5.96. The lowest BCUT2D eigenvalue weighted by Gasteiger charge is -2.28. The zero-order chi connectivity index (χ0) is 13.5. The molecule has 0 radical (unpaired) electrons. The SMILES string of the molecule is NC1c2cc(C(F)(F)F)ccc2CCC1C(=O)O. The van der Waals surface area contributed by atoms with Gasteiger partial charge in [-0.25, -0.2) is 0 Å². The van der Waals surface area contributed by atoms with Crippen LogP contribution in [-0.4, -0.2) is 11.1 Å². The number of benzene rings is 1. The van der Waals surface area contributed by atoms with E-state index in [2.05, 4.69) is 0 Å². The van der Waals surface area contributed by atoms with E-state index in [1.807, 2.05) is 0 Å². The van der Waals surface area contributed by atoms with Gasteiger partial charge in [-0.3, -0.25) is 4.79 Å². The number of hydrogen-bond donors (Lipinski definition) is 2. The Morgan fingerprint density at radius 2 is 2.06 bits per heavy atom. The van der Waals surface area contributed by atoms with Crippen molar-refractivity contribution in [2.24, 2.45) is 11.7 Å². The van der Waals surface area contributed by atoms with E-state index in [0.29, 0.717) is 24.0 Å². The molecule has 0 heterocycles. The van der Waals surface area contributed by atoms with E-state index < -0.39 is 29.7 Å². The molecule has 0 aromatic heterocycles. The molecule has 0 aliphatic heterocycles. The van der Waals surface area contributed by atoms with E-state index in [1.54, 1.807) is 0 Å². The number of rotatable bonds is 1. The van der Waals surface area contributed by atoms with Crippen molar-refractivity contribution in [3.63, 3.8) is 0 Å². The predicted molar refractivity (Wildman–Crippen MR) is 57.8 cm³/mol. The number of nitrogens with two attached hydrogens (primary N) is 1. The largest absolute Gasteiger partial charge is 0.481 e. The van der Waals surface area contributed by atoms with Crippen LogP contribution < -0.4 is 5.73 Å². The second-order valence-electron chi connectivity index (χ2n) is 4.42. The first kappa shape index (κ1) is 12.9. The van der Waals surface area contributed by atoms with E-state index in [-0.39, 0.29) is 0 Å². The second-order valence-corrected chi connectivity index (χ2v) is 4.42. The average Bonchev–Trinajstić information content (AvgIpc) is 2.27. The molecule has 2 unspecified atom stereocenters. The molecule has 18 heavy (non-hydrogen) atoms. The van der Waals surface area contributed by atoms with Crippen LogP contribution in [-0.2, 0) is 17.4 Å². The Bertz CT molecular complexity index is 485.